The minimum Gasteiger partial charge on any atom is -0.343 e. The average Bonchev–Trinajstić information content (AvgIpc) is 3.23. The van der Waals surface area contributed by atoms with Crippen molar-refractivity contribution in [1.29, 1.82) is 0 Å². The monoisotopic (exact) mass is 370 g/mol. The lowest BCUT2D eigenvalue weighted by Crippen LogP contribution is -2.30. The maximum atomic E-state index is 4.68. The Kier molecular flexibility index (Phi) is 3.94. The molecule has 0 amide bonds. The minimum absolute atomic E-state index is 0.883. The van der Waals surface area contributed by atoms with Gasteiger partial charge < -0.3 is 4.90 Å². The summed E-state index contributed by atoms with van der Waals surface area (Å²) >= 11 is 1.70. The summed E-state index contributed by atoms with van der Waals surface area (Å²) in [6.45, 7) is 6.22. The predicted octanol–water partition coefficient (Wildman–Crippen LogP) is 4.71. The molecule has 0 unspecified atom stereocenters. The van der Waals surface area contributed by atoms with E-state index in [0.717, 1.165) is 51.7 Å². The quantitative estimate of drug-likeness (QED) is 0.524. The Labute approximate surface area is 161 Å². The van der Waals surface area contributed by atoms with Gasteiger partial charge in [-0.25, -0.2) is 4.98 Å². The van der Waals surface area contributed by atoms with Crippen LogP contribution in [0.3, 0.4) is 0 Å². The molecule has 0 N–H and O–H groups in total. The van der Waals surface area contributed by atoms with Gasteiger partial charge in [0, 0.05) is 31.7 Å². The van der Waals surface area contributed by atoms with Gasteiger partial charge in [0.1, 0.15) is 0 Å². The number of aromatic nitrogens is 3. The van der Waals surface area contributed by atoms with Gasteiger partial charge in [-0.15, -0.1) is 0 Å². The lowest BCUT2D eigenvalue weighted by atomic mass is 10.0. The molecule has 0 radical (unpaired) electrons. The molecule has 1 aliphatic rings. The standard InChI is InChI=1S/C22H18N4S/c1-15(17-6-7-19-20(12-17)24-10-9-23-19)21-13-25-22(27-21)26-11-8-16-4-2-3-5-18(16)14-26/h2-7,9-10,12-13H,1,8,11,14H2. The minimum atomic E-state index is 0.883. The smallest absolute Gasteiger partial charge is 0.186 e. The molecule has 4 aromatic rings. The van der Waals surface area contributed by atoms with Crippen molar-refractivity contribution in [3.63, 3.8) is 0 Å². The Bertz CT molecular complexity index is 1150. The maximum absolute atomic E-state index is 4.68. The average molecular weight is 370 g/mol. The van der Waals surface area contributed by atoms with Crippen molar-refractivity contribution in [2.24, 2.45) is 0 Å². The second-order valence-corrected chi connectivity index (χ2v) is 7.69. The van der Waals surface area contributed by atoms with Gasteiger partial charge in [0.25, 0.3) is 0 Å². The van der Waals surface area contributed by atoms with Gasteiger partial charge in [-0.2, -0.15) is 0 Å². The first-order valence-electron chi connectivity index (χ1n) is 8.96. The van der Waals surface area contributed by atoms with E-state index in [2.05, 4.69) is 56.8 Å². The Morgan fingerprint density at radius 3 is 2.67 bits per heavy atom. The molecule has 5 heteroatoms. The third kappa shape index (κ3) is 3.00. The van der Waals surface area contributed by atoms with Gasteiger partial charge in [0.15, 0.2) is 5.13 Å². The summed E-state index contributed by atoms with van der Waals surface area (Å²) in [6.07, 6.45) is 6.43. The zero-order valence-corrected chi connectivity index (χ0v) is 15.6. The van der Waals surface area contributed by atoms with E-state index in [0.29, 0.717) is 0 Å². The van der Waals surface area contributed by atoms with E-state index in [-0.39, 0.29) is 0 Å². The topological polar surface area (TPSA) is 41.9 Å². The van der Waals surface area contributed by atoms with Gasteiger partial charge in [-0.05, 0) is 40.8 Å². The van der Waals surface area contributed by atoms with Crippen LogP contribution in [0.5, 0.6) is 0 Å². The number of benzene rings is 2. The summed E-state index contributed by atoms with van der Waals surface area (Å²) in [5, 5.41) is 1.06. The van der Waals surface area contributed by atoms with Crippen LogP contribution < -0.4 is 4.90 Å². The highest BCUT2D eigenvalue weighted by atomic mass is 32.1. The van der Waals surface area contributed by atoms with Crippen LogP contribution in [0.1, 0.15) is 21.6 Å². The van der Waals surface area contributed by atoms with Crippen molar-refractivity contribution in [3.8, 4) is 0 Å². The van der Waals surface area contributed by atoms with E-state index in [4.69, 9.17) is 0 Å². The SMILES string of the molecule is C=C(c1ccc2nccnc2c1)c1cnc(N2CCc3ccccc3C2)s1. The van der Waals surface area contributed by atoms with Crippen LogP contribution in [0.25, 0.3) is 16.6 Å². The van der Waals surface area contributed by atoms with Crippen molar-refractivity contribution >= 4 is 33.1 Å². The van der Waals surface area contributed by atoms with Gasteiger partial charge in [-0.1, -0.05) is 48.2 Å². The fourth-order valence-electron chi connectivity index (χ4n) is 3.50. The summed E-state index contributed by atoms with van der Waals surface area (Å²) in [5.74, 6) is 0. The highest BCUT2D eigenvalue weighted by Gasteiger charge is 2.19. The number of hydrogen-bond donors (Lipinski definition) is 0. The molecule has 4 nitrogen and oxygen atoms in total. The first-order valence-corrected chi connectivity index (χ1v) is 9.77. The Morgan fingerprint density at radius 1 is 0.963 bits per heavy atom. The van der Waals surface area contributed by atoms with Gasteiger partial charge in [0.2, 0.25) is 0 Å². The molecular weight excluding hydrogens is 352 g/mol. The van der Waals surface area contributed by atoms with Crippen LogP contribution in [0.4, 0.5) is 5.13 Å². The van der Waals surface area contributed by atoms with Crippen LogP contribution in [0, 0.1) is 0 Å². The number of fused-ring (bicyclic) bond motifs is 2. The molecular formula is C22H18N4S. The van der Waals surface area contributed by atoms with E-state index < -0.39 is 0 Å². The van der Waals surface area contributed by atoms with E-state index in [1.54, 1.807) is 23.7 Å². The predicted molar refractivity (Wildman–Crippen MR) is 111 cm³/mol. The molecule has 0 aliphatic carbocycles. The van der Waals surface area contributed by atoms with Crippen LogP contribution >= 0.6 is 11.3 Å². The molecule has 5 rings (SSSR count). The van der Waals surface area contributed by atoms with E-state index in [1.165, 1.54) is 11.1 Å². The summed E-state index contributed by atoms with van der Waals surface area (Å²) in [4.78, 5) is 16.8. The highest BCUT2D eigenvalue weighted by molar-refractivity contribution is 7.16. The third-order valence-electron chi connectivity index (χ3n) is 5.01. The molecule has 0 saturated carbocycles. The summed E-state index contributed by atoms with van der Waals surface area (Å²) < 4.78 is 0. The van der Waals surface area contributed by atoms with Crippen molar-refractivity contribution in [2.45, 2.75) is 13.0 Å². The second kappa shape index (κ2) is 6.59. The Hall–Kier alpha value is -3.05. The van der Waals surface area contributed by atoms with Crippen molar-refractivity contribution < 1.29 is 0 Å². The third-order valence-corrected chi connectivity index (χ3v) is 6.13. The van der Waals surface area contributed by atoms with Gasteiger partial charge in [0.05, 0.1) is 15.9 Å². The molecule has 0 bridgehead atoms. The van der Waals surface area contributed by atoms with Crippen molar-refractivity contribution in [2.75, 3.05) is 11.4 Å². The molecule has 0 spiro atoms. The van der Waals surface area contributed by atoms with Crippen molar-refractivity contribution in [1.82, 2.24) is 15.0 Å². The summed E-state index contributed by atoms with van der Waals surface area (Å²) in [6, 6.07) is 14.8. The van der Waals surface area contributed by atoms with Crippen LogP contribution in [-0.4, -0.2) is 21.5 Å². The van der Waals surface area contributed by atoms with E-state index in [1.807, 2.05) is 18.3 Å². The number of thiazole rings is 1. The largest absolute Gasteiger partial charge is 0.343 e. The number of anilines is 1. The molecule has 27 heavy (non-hydrogen) atoms. The molecule has 0 saturated heterocycles. The Morgan fingerprint density at radius 2 is 1.78 bits per heavy atom. The second-order valence-electron chi connectivity index (χ2n) is 6.69. The van der Waals surface area contributed by atoms with E-state index in [9.17, 15) is 0 Å². The van der Waals surface area contributed by atoms with Crippen LogP contribution in [-0.2, 0) is 13.0 Å². The zero-order chi connectivity index (χ0) is 18.2. The molecule has 2 aromatic heterocycles. The van der Waals surface area contributed by atoms with Gasteiger partial charge >= 0.3 is 0 Å². The maximum Gasteiger partial charge on any atom is 0.186 e. The van der Waals surface area contributed by atoms with Crippen molar-refractivity contribution in [3.05, 3.63) is 89.2 Å². The lowest BCUT2D eigenvalue weighted by molar-refractivity contribution is 0.729. The summed E-state index contributed by atoms with van der Waals surface area (Å²) in [5.41, 5.74) is 6.66. The fourth-order valence-corrected chi connectivity index (χ4v) is 4.44. The van der Waals surface area contributed by atoms with Crippen LogP contribution in [0.2, 0.25) is 0 Å². The molecule has 2 aromatic carbocycles. The molecule has 1 aliphatic heterocycles. The summed E-state index contributed by atoms with van der Waals surface area (Å²) in [7, 11) is 0. The molecule has 132 valence electrons. The Balaban J connectivity index is 1.40. The highest BCUT2D eigenvalue weighted by Crippen LogP contribution is 2.33. The van der Waals surface area contributed by atoms with E-state index >= 15 is 0 Å². The fraction of sp³-hybridized carbons (Fsp3) is 0.136. The van der Waals surface area contributed by atoms with Crippen LogP contribution in [0.15, 0.2) is 67.6 Å². The molecule has 0 atom stereocenters. The molecule has 0 fully saturated rings. The molecule has 3 heterocycles. The lowest BCUT2D eigenvalue weighted by Gasteiger charge is -2.28. The first kappa shape index (κ1) is 16.1. The number of hydrogen-bond acceptors (Lipinski definition) is 5. The zero-order valence-electron chi connectivity index (χ0n) is 14.8. The first-order chi connectivity index (χ1) is 13.3. The number of nitrogens with zero attached hydrogens (tertiary/aromatic N) is 4. The van der Waals surface area contributed by atoms with Gasteiger partial charge in [-0.3, -0.25) is 9.97 Å². The normalized spacial score (nSPS) is 13.6. The number of rotatable bonds is 3.